The highest BCUT2D eigenvalue weighted by atomic mass is 32.1. The van der Waals surface area contributed by atoms with Crippen LogP contribution in [-0.4, -0.2) is 20.4 Å². The van der Waals surface area contributed by atoms with Crippen molar-refractivity contribution in [1.82, 2.24) is 14.5 Å². The first-order valence-electron chi connectivity index (χ1n) is 9.75. The lowest BCUT2D eigenvalue weighted by molar-refractivity contribution is -0.116. The van der Waals surface area contributed by atoms with Gasteiger partial charge in [-0.05, 0) is 56.4 Å². The molecule has 0 saturated heterocycles. The second kappa shape index (κ2) is 7.35. The van der Waals surface area contributed by atoms with Gasteiger partial charge in [0.25, 0.3) is 5.56 Å². The third-order valence-electron chi connectivity index (χ3n) is 5.30. The lowest BCUT2D eigenvalue weighted by Crippen LogP contribution is -2.24. The van der Waals surface area contributed by atoms with E-state index in [1.807, 2.05) is 25.1 Å². The fourth-order valence-electron chi connectivity index (χ4n) is 3.90. The molecular formula is C21H20N4O2S2. The van der Waals surface area contributed by atoms with E-state index in [9.17, 15) is 9.59 Å². The number of fused-ring (bicyclic) bond motifs is 4. The minimum atomic E-state index is -0.120. The van der Waals surface area contributed by atoms with Gasteiger partial charge in [0, 0.05) is 23.5 Å². The van der Waals surface area contributed by atoms with Gasteiger partial charge in [-0.3, -0.25) is 14.2 Å². The summed E-state index contributed by atoms with van der Waals surface area (Å²) < 4.78 is 2.62. The monoisotopic (exact) mass is 424 g/mol. The summed E-state index contributed by atoms with van der Waals surface area (Å²) in [5.41, 5.74) is 2.85. The number of thiophene rings is 1. The second-order valence-electron chi connectivity index (χ2n) is 7.35. The van der Waals surface area contributed by atoms with E-state index in [1.54, 1.807) is 33.6 Å². The van der Waals surface area contributed by atoms with Crippen molar-refractivity contribution < 1.29 is 4.79 Å². The molecule has 1 aliphatic carbocycles. The molecule has 0 saturated carbocycles. The average Bonchev–Trinajstić information content (AvgIpc) is 3.26. The molecule has 8 heteroatoms. The van der Waals surface area contributed by atoms with Gasteiger partial charge >= 0.3 is 0 Å². The van der Waals surface area contributed by atoms with Crippen molar-refractivity contribution in [3.8, 4) is 0 Å². The number of aryl methyl sites for hydroxylation is 4. The molecule has 0 aliphatic heterocycles. The van der Waals surface area contributed by atoms with Gasteiger partial charge in [0.2, 0.25) is 5.91 Å². The molecule has 0 spiro atoms. The molecule has 3 heterocycles. The van der Waals surface area contributed by atoms with Crippen LogP contribution in [0.3, 0.4) is 0 Å². The Morgan fingerprint density at radius 1 is 1.24 bits per heavy atom. The second-order valence-corrected chi connectivity index (χ2v) is 9.67. The van der Waals surface area contributed by atoms with Crippen LogP contribution in [0.15, 0.2) is 29.3 Å². The van der Waals surface area contributed by atoms with Crippen molar-refractivity contribution >= 4 is 54.7 Å². The van der Waals surface area contributed by atoms with Crippen LogP contribution >= 0.6 is 22.7 Å². The Hall–Kier alpha value is -2.58. The van der Waals surface area contributed by atoms with E-state index in [2.05, 4.69) is 15.3 Å². The molecule has 1 aliphatic rings. The number of thiazole rings is 1. The van der Waals surface area contributed by atoms with Crippen LogP contribution in [0.5, 0.6) is 0 Å². The predicted molar refractivity (Wildman–Crippen MR) is 118 cm³/mol. The Morgan fingerprint density at radius 2 is 2.10 bits per heavy atom. The van der Waals surface area contributed by atoms with Crippen molar-refractivity contribution in [2.75, 3.05) is 5.32 Å². The molecule has 0 radical (unpaired) electrons. The summed E-state index contributed by atoms with van der Waals surface area (Å²) in [5.74, 6) is -0.120. The number of carbonyl (C=O) groups excluding carboxylic acids is 1. The van der Waals surface area contributed by atoms with Crippen molar-refractivity contribution in [2.24, 2.45) is 0 Å². The maximum absolute atomic E-state index is 13.0. The number of rotatable bonds is 4. The molecular weight excluding hydrogens is 404 g/mol. The van der Waals surface area contributed by atoms with Gasteiger partial charge in [-0.2, -0.15) is 0 Å². The third kappa shape index (κ3) is 3.47. The Labute approximate surface area is 175 Å². The first-order chi connectivity index (χ1) is 14.1. The zero-order valence-electron chi connectivity index (χ0n) is 16.0. The summed E-state index contributed by atoms with van der Waals surface area (Å²) in [6, 6.07) is 5.71. The number of hydrogen-bond donors (Lipinski definition) is 1. The lowest BCUT2D eigenvalue weighted by atomic mass is 9.97. The molecule has 6 nitrogen and oxygen atoms in total. The molecule has 5 rings (SSSR count). The number of hydrogen-bond acceptors (Lipinski definition) is 6. The molecule has 1 amide bonds. The van der Waals surface area contributed by atoms with E-state index in [0.29, 0.717) is 6.54 Å². The zero-order chi connectivity index (χ0) is 20.0. The van der Waals surface area contributed by atoms with Crippen LogP contribution < -0.4 is 10.9 Å². The SMILES string of the molecule is Cc1nc2ccc(NC(=O)CCn3cnc4sc5c(c4c3=O)CCCC5)cc2s1. The summed E-state index contributed by atoms with van der Waals surface area (Å²) in [5, 5.41) is 4.69. The molecule has 0 fully saturated rings. The highest BCUT2D eigenvalue weighted by Crippen LogP contribution is 2.33. The summed E-state index contributed by atoms with van der Waals surface area (Å²) in [4.78, 5) is 36.5. The fraction of sp³-hybridized carbons (Fsp3) is 0.333. The summed E-state index contributed by atoms with van der Waals surface area (Å²) in [7, 11) is 0. The van der Waals surface area contributed by atoms with E-state index in [-0.39, 0.29) is 17.9 Å². The van der Waals surface area contributed by atoms with Gasteiger partial charge in [-0.15, -0.1) is 22.7 Å². The van der Waals surface area contributed by atoms with Gasteiger partial charge in [0.15, 0.2) is 0 Å². The number of aromatic nitrogens is 3. The van der Waals surface area contributed by atoms with Gasteiger partial charge in [0.05, 0.1) is 26.9 Å². The minimum absolute atomic E-state index is 0.0243. The minimum Gasteiger partial charge on any atom is -0.326 e. The number of nitrogens with zero attached hydrogens (tertiary/aromatic N) is 3. The number of amides is 1. The zero-order valence-corrected chi connectivity index (χ0v) is 17.7. The topological polar surface area (TPSA) is 76.9 Å². The predicted octanol–water partition coefficient (Wildman–Crippen LogP) is 4.28. The van der Waals surface area contributed by atoms with E-state index < -0.39 is 0 Å². The average molecular weight is 425 g/mol. The standard InChI is InChI=1S/C21H20N4O2S2/c1-12-23-15-7-6-13(10-17(15)28-12)24-18(26)8-9-25-11-22-20-19(21(25)27)14-4-2-3-5-16(14)29-20/h6-7,10-11H,2-5,8-9H2,1H3,(H,24,26). The molecule has 0 atom stereocenters. The van der Waals surface area contributed by atoms with Gasteiger partial charge < -0.3 is 5.32 Å². The van der Waals surface area contributed by atoms with Gasteiger partial charge in [-0.25, -0.2) is 9.97 Å². The van der Waals surface area contributed by atoms with Crippen molar-refractivity contribution in [1.29, 1.82) is 0 Å². The van der Waals surface area contributed by atoms with Crippen LogP contribution in [0, 0.1) is 6.92 Å². The number of benzene rings is 1. The van der Waals surface area contributed by atoms with Crippen molar-refractivity contribution in [3.63, 3.8) is 0 Å². The van der Waals surface area contributed by atoms with Crippen LogP contribution in [0.25, 0.3) is 20.4 Å². The quantitative estimate of drug-likeness (QED) is 0.530. The molecule has 29 heavy (non-hydrogen) atoms. The molecule has 3 aromatic heterocycles. The van der Waals surface area contributed by atoms with E-state index in [0.717, 1.165) is 50.4 Å². The highest BCUT2D eigenvalue weighted by molar-refractivity contribution is 7.19. The van der Waals surface area contributed by atoms with Crippen LogP contribution in [0.2, 0.25) is 0 Å². The van der Waals surface area contributed by atoms with E-state index in [4.69, 9.17) is 0 Å². The molecule has 4 aromatic rings. The first kappa shape index (κ1) is 18.4. The summed E-state index contributed by atoms with van der Waals surface area (Å²) in [6.07, 6.45) is 6.10. The summed E-state index contributed by atoms with van der Waals surface area (Å²) >= 11 is 3.25. The number of nitrogens with one attached hydrogen (secondary N) is 1. The highest BCUT2D eigenvalue weighted by Gasteiger charge is 2.20. The van der Waals surface area contributed by atoms with Crippen molar-refractivity contribution in [2.45, 2.75) is 45.6 Å². The number of anilines is 1. The Kier molecular flexibility index (Phi) is 4.67. The number of carbonyl (C=O) groups is 1. The fourth-order valence-corrected chi connectivity index (χ4v) is 5.99. The molecule has 1 N–H and O–H groups in total. The molecule has 148 valence electrons. The lowest BCUT2D eigenvalue weighted by Gasteiger charge is -2.10. The molecule has 1 aromatic carbocycles. The van der Waals surface area contributed by atoms with E-state index >= 15 is 0 Å². The Bertz CT molecular complexity index is 1300. The summed E-state index contributed by atoms with van der Waals surface area (Å²) in [6.45, 7) is 2.29. The normalized spacial score (nSPS) is 13.7. The van der Waals surface area contributed by atoms with Crippen LogP contribution in [0.1, 0.15) is 34.7 Å². The van der Waals surface area contributed by atoms with Crippen LogP contribution in [-0.2, 0) is 24.2 Å². The Morgan fingerprint density at radius 3 is 3.00 bits per heavy atom. The van der Waals surface area contributed by atoms with Gasteiger partial charge in [-0.1, -0.05) is 0 Å². The maximum atomic E-state index is 13.0. The van der Waals surface area contributed by atoms with E-state index in [1.165, 1.54) is 16.9 Å². The maximum Gasteiger partial charge on any atom is 0.262 e. The molecule has 0 unspecified atom stereocenters. The van der Waals surface area contributed by atoms with Crippen molar-refractivity contribution in [3.05, 3.63) is 50.3 Å². The Balaban J connectivity index is 1.32. The van der Waals surface area contributed by atoms with Gasteiger partial charge in [0.1, 0.15) is 4.83 Å². The third-order valence-corrected chi connectivity index (χ3v) is 7.43. The van der Waals surface area contributed by atoms with Crippen LogP contribution in [0.4, 0.5) is 5.69 Å². The first-order valence-corrected chi connectivity index (χ1v) is 11.4. The smallest absolute Gasteiger partial charge is 0.262 e. The largest absolute Gasteiger partial charge is 0.326 e. The molecule has 0 bridgehead atoms.